The molecule has 0 radical (unpaired) electrons. The lowest BCUT2D eigenvalue weighted by Crippen LogP contribution is -2.33. The number of aromatic nitrogens is 4. The second-order valence-corrected chi connectivity index (χ2v) is 10.4. The smallest absolute Gasteiger partial charge is 0.433 e. The first kappa shape index (κ1) is 27.3. The van der Waals surface area contributed by atoms with Crippen molar-refractivity contribution in [3.8, 4) is 11.1 Å². The Hall–Kier alpha value is -3.76. The summed E-state index contributed by atoms with van der Waals surface area (Å²) in [6.45, 7) is 11.5. The summed E-state index contributed by atoms with van der Waals surface area (Å²) in [6, 6.07) is 5.81. The van der Waals surface area contributed by atoms with Crippen molar-refractivity contribution in [2.75, 3.05) is 16.8 Å². The van der Waals surface area contributed by atoms with E-state index in [1.165, 1.54) is 4.90 Å². The zero-order valence-electron chi connectivity index (χ0n) is 22.2. The van der Waals surface area contributed by atoms with Gasteiger partial charge in [0.2, 0.25) is 5.95 Å². The molecule has 3 aromatic rings. The molecule has 0 bridgehead atoms. The van der Waals surface area contributed by atoms with Gasteiger partial charge >= 0.3 is 12.3 Å². The largest absolute Gasteiger partial charge is 0.447 e. The summed E-state index contributed by atoms with van der Waals surface area (Å²) in [4.78, 5) is 30.8. The van der Waals surface area contributed by atoms with Crippen molar-refractivity contribution in [3.05, 3.63) is 59.3 Å². The number of cyclic esters (lactones) is 1. The van der Waals surface area contributed by atoms with Crippen LogP contribution in [0.2, 0.25) is 0 Å². The SMILES string of the molecule is CC[C@H]1COC(=O)N1c1ccnc(N[C@@H](C)c2cc(C)c(-c3cc(C(C)(C)C)nc(C(F)(F)F)c3)cn2)n1. The summed E-state index contributed by atoms with van der Waals surface area (Å²) >= 11 is 0. The molecule has 0 spiro atoms. The van der Waals surface area contributed by atoms with Crippen LogP contribution in [0.1, 0.15) is 69.7 Å². The molecule has 202 valence electrons. The van der Waals surface area contributed by atoms with E-state index < -0.39 is 23.4 Å². The van der Waals surface area contributed by atoms with Crippen molar-refractivity contribution in [2.45, 2.75) is 71.6 Å². The summed E-state index contributed by atoms with van der Waals surface area (Å²) in [5, 5.41) is 3.19. The third kappa shape index (κ3) is 5.71. The fourth-order valence-electron chi connectivity index (χ4n) is 4.19. The van der Waals surface area contributed by atoms with E-state index in [0.29, 0.717) is 40.9 Å². The van der Waals surface area contributed by atoms with Gasteiger partial charge in [0.15, 0.2) is 0 Å². The quantitative estimate of drug-likeness (QED) is 0.392. The first-order valence-electron chi connectivity index (χ1n) is 12.4. The fourth-order valence-corrected chi connectivity index (χ4v) is 4.19. The molecule has 3 aromatic heterocycles. The summed E-state index contributed by atoms with van der Waals surface area (Å²) in [5.41, 5.74) is 1.29. The van der Waals surface area contributed by atoms with E-state index in [9.17, 15) is 18.0 Å². The van der Waals surface area contributed by atoms with E-state index in [4.69, 9.17) is 4.74 Å². The van der Waals surface area contributed by atoms with Gasteiger partial charge in [0, 0.05) is 29.1 Å². The maximum absolute atomic E-state index is 13.6. The molecule has 8 nitrogen and oxygen atoms in total. The van der Waals surface area contributed by atoms with Crippen molar-refractivity contribution < 1.29 is 22.7 Å². The lowest BCUT2D eigenvalue weighted by atomic mass is 9.89. The van der Waals surface area contributed by atoms with E-state index in [1.54, 1.807) is 24.5 Å². The van der Waals surface area contributed by atoms with Gasteiger partial charge in [-0.1, -0.05) is 27.7 Å². The lowest BCUT2D eigenvalue weighted by molar-refractivity contribution is -0.141. The molecule has 4 heterocycles. The van der Waals surface area contributed by atoms with Crippen molar-refractivity contribution >= 4 is 17.9 Å². The Labute approximate surface area is 219 Å². The number of rotatable bonds is 6. The summed E-state index contributed by atoms with van der Waals surface area (Å²) in [7, 11) is 0. The molecule has 0 aromatic carbocycles. The number of alkyl halides is 3. The predicted octanol–water partition coefficient (Wildman–Crippen LogP) is 6.47. The number of anilines is 2. The molecule has 1 aliphatic heterocycles. The van der Waals surface area contributed by atoms with Crippen LogP contribution in [0.15, 0.2) is 36.7 Å². The number of hydrogen-bond donors (Lipinski definition) is 1. The van der Waals surface area contributed by atoms with Crippen LogP contribution in [0.5, 0.6) is 0 Å². The molecule has 0 unspecified atom stereocenters. The van der Waals surface area contributed by atoms with Crippen LogP contribution in [-0.4, -0.2) is 38.7 Å². The Bertz CT molecular complexity index is 1310. The predicted molar refractivity (Wildman–Crippen MR) is 138 cm³/mol. The molecule has 11 heteroatoms. The van der Waals surface area contributed by atoms with Crippen LogP contribution in [0.25, 0.3) is 11.1 Å². The van der Waals surface area contributed by atoms with Crippen molar-refractivity contribution in [3.63, 3.8) is 0 Å². The topological polar surface area (TPSA) is 93.1 Å². The molecule has 4 rings (SSSR count). The molecule has 1 fully saturated rings. The van der Waals surface area contributed by atoms with Gasteiger partial charge in [0.25, 0.3) is 0 Å². The van der Waals surface area contributed by atoms with E-state index in [1.807, 2.05) is 47.6 Å². The minimum absolute atomic E-state index is 0.0932. The van der Waals surface area contributed by atoms with Gasteiger partial charge in [-0.25, -0.2) is 14.8 Å². The maximum Gasteiger partial charge on any atom is 0.433 e. The molecule has 1 amide bonds. The van der Waals surface area contributed by atoms with Gasteiger partial charge in [-0.3, -0.25) is 9.88 Å². The Morgan fingerprint density at radius 3 is 2.47 bits per heavy atom. The van der Waals surface area contributed by atoms with Gasteiger partial charge in [-0.05, 0) is 55.7 Å². The summed E-state index contributed by atoms with van der Waals surface area (Å²) in [6.07, 6.45) is -1.14. The summed E-state index contributed by atoms with van der Waals surface area (Å²) < 4.78 is 45.9. The van der Waals surface area contributed by atoms with Crippen molar-refractivity contribution in [1.29, 1.82) is 0 Å². The van der Waals surface area contributed by atoms with E-state index >= 15 is 0 Å². The van der Waals surface area contributed by atoms with Gasteiger partial charge in [0.1, 0.15) is 18.1 Å². The number of pyridine rings is 2. The second kappa shape index (κ2) is 10.2. The first-order valence-corrected chi connectivity index (χ1v) is 12.4. The average Bonchev–Trinajstić information content (AvgIpc) is 3.23. The Balaban J connectivity index is 1.60. The molecule has 2 atom stereocenters. The highest BCUT2D eigenvalue weighted by molar-refractivity contribution is 5.89. The molecule has 0 aliphatic carbocycles. The highest BCUT2D eigenvalue weighted by atomic mass is 19.4. The zero-order valence-corrected chi connectivity index (χ0v) is 22.2. The highest BCUT2D eigenvalue weighted by Gasteiger charge is 2.35. The van der Waals surface area contributed by atoms with Crippen molar-refractivity contribution in [2.24, 2.45) is 0 Å². The number of halogens is 3. The van der Waals surface area contributed by atoms with Crippen LogP contribution in [-0.2, 0) is 16.3 Å². The molecular weight excluding hydrogens is 497 g/mol. The van der Waals surface area contributed by atoms with E-state index in [2.05, 4.69) is 25.3 Å². The van der Waals surface area contributed by atoms with E-state index in [0.717, 1.165) is 18.1 Å². The van der Waals surface area contributed by atoms with Crippen LogP contribution in [0.3, 0.4) is 0 Å². The molecule has 38 heavy (non-hydrogen) atoms. The Kier molecular flexibility index (Phi) is 7.31. The van der Waals surface area contributed by atoms with Gasteiger partial charge in [0.05, 0.1) is 17.8 Å². The highest BCUT2D eigenvalue weighted by Crippen LogP contribution is 2.35. The molecule has 1 aliphatic rings. The third-order valence-electron chi connectivity index (χ3n) is 6.44. The number of nitrogens with one attached hydrogen (secondary N) is 1. The van der Waals surface area contributed by atoms with Crippen molar-refractivity contribution in [1.82, 2.24) is 19.9 Å². The molecule has 1 saturated heterocycles. The number of carbonyl (C=O) groups excluding carboxylic acids is 1. The average molecular weight is 529 g/mol. The summed E-state index contributed by atoms with van der Waals surface area (Å²) in [5.74, 6) is 0.753. The third-order valence-corrected chi connectivity index (χ3v) is 6.44. The number of carbonyl (C=O) groups is 1. The maximum atomic E-state index is 13.6. The second-order valence-electron chi connectivity index (χ2n) is 10.4. The lowest BCUT2D eigenvalue weighted by Gasteiger charge is -2.22. The minimum atomic E-state index is -4.56. The van der Waals surface area contributed by atoms with Gasteiger partial charge < -0.3 is 10.1 Å². The standard InChI is InChI=1S/C27H31F3N6O2/c1-7-18-14-38-25(37)36(18)23-8-9-31-24(35-23)33-16(3)20-10-15(2)19(13-32-20)17-11-21(26(4,5)6)34-22(12-17)27(28,29)30/h8-13,16,18H,7,14H2,1-6H3,(H,31,33,35)/t16-,18-/m0/s1. The Morgan fingerprint density at radius 2 is 1.84 bits per heavy atom. The molecule has 0 saturated carbocycles. The fraction of sp³-hybridized carbons (Fsp3) is 0.444. The van der Waals surface area contributed by atoms with Crippen LogP contribution in [0.4, 0.5) is 29.7 Å². The molecular formula is C27H31F3N6O2. The number of amides is 1. The normalized spacial score (nSPS) is 16.9. The van der Waals surface area contributed by atoms with Crippen LogP contribution >= 0.6 is 0 Å². The van der Waals surface area contributed by atoms with Gasteiger partial charge in [-0.2, -0.15) is 18.2 Å². The van der Waals surface area contributed by atoms with Gasteiger partial charge in [-0.15, -0.1) is 0 Å². The van der Waals surface area contributed by atoms with Crippen LogP contribution < -0.4 is 10.2 Å². The first-order chi connectivity index (χ1) is 17.8. The minimum Gasteiger partial charge on any atom is -0.447 e. The van der Waals surface area contributed by atoms with E-state index in [-0.39, 0.29) is 12.1 Å². The molecule has 1 N–H and O–H groups in total. The van der Waals surface area contributed by atoms with Crippen LogP contribution in [0, 0.1) is 6.92 Å². The number of nitrogens with zero attached hydrogens (tertiary/aromatic N) is 5. The zero-order chi connectivity index (χ0) is 27.8. The monoisotopic (exact) mass is 528 g/mol. The number of hydrogen-bond acceptors (Lipinski definition) is 7. The number of ether oxygens (including phenoxy) is 1. The Morgan fingerprint density at radius 1 is 1.13 bits per heavy atom. The number of aryl methyl sites for hydroxylation is 1.